The molecule has 2 aliphatic carbocycles. The molecule has 0 amide bonds. The first-order valence-electron chi connectivity index (χ1n) is 23.9. The summed E-state index contributed by atoms with van der Waals surface area (Å²) in [7, 11) is 0. The molecule has 5 nitrogen and oxygen atoms in total. The average Bonchev–Trinajstić information content (AvgIpc) is 3.66. The number of hydrogen-bond acceptors (Lipinski definition) is 5. The van der Waals surface area contributed by atoms with Gasteiger partial charge in [0.05, 0.1) is 5.69 Å². The van der Waals surface area contributed by atoms with Gasteiger partial charge >= 0.3 is 0 Å². The maximum Gasteiger partial charge on any atom is 0.124 e. The molecule has 14 rings (SSSR count). The van der Waals surface area contributed by atoms with Crippen LogP contribution in [-0.4, -0.2) is 25.0 Å². The van der Waals surface area contributed by atoms with Crippen molar-refractivity contribution in [2.45, 2.75) is 38.5 Å². The number of fused-ring (bicyclic) bond motifs is 10. The number of phenols is 1. The predicted octanol–water partition coefficient (Wildman–Crippen LogP) is 16.0. The Labute approximate surface area is 473 Å². The Balaban J connectivity index is 0.000000132. The Morgan fingerprint density at radius 1 is 0.405 bits per heavy atom. The largest absolute Gasteiger partial charge is 0.507 e. The molecule has 0 fully saturated rings. The second kappa shape index (κ2) is 22.7. The number of para-hydroxylation sites is 1. The molecule has 0 unspecified atom stereocenters. The quantitative estimate of drug-likeness (QED) is 0.175. The van der Waals surface area contributed by atoms with E-state index in [2.05, 4.69) is 159 Å². The molecule has 1 N–H and O–H groups in total. The van der Waals surface area contributed by atoms with E-state index in [1.54, 1.807) is 18.3 Å². The van der Waals surface area contributed by atoms with Gasteiger partial charge in [-0.25, -0.2) is 0 Å². The van der Waals surface area contributed by atoms with Gasteiger partial charge in [0.1, 0.15) is 5.75 Å². The third-order valence-electron chi connectivity index (χ3n) is 13.8. The van der Waals surface area contributed by atoms with E-state index in [1.165, 1.54) is 65.3 Å². The number of benzene rings is 8. The molecule has 0 saturated heterocycles. The molecule has 74 heavy (non-hydrogen) atoms. The number of aromatic nitrogens is 4. The summed E-state index contributed by atoms with van der Waals surface area (Å²) in [5.74, 6) is 0.265. The smallest absolute Gasteiger partial charge is 0.124 e. The molecule has 4 heterocycles. The molecule has 3 radical (unpaired) electrons. The fourth-order valence-corrected chi connectivity index (χ4v) is 10.4. The second-order valence-electron chi connectivity index (χ2n) is 18.9. The van der Waals surface area contributed by atoms with Gasteiger partial charge in [0.2, 0.25) is 0 Å². The molecule has 8 heteroatoms. The van der Waals surface area contributed by atoms with Crippen LogP contribution in [-0.2, 0) is 71.1 Å². The third-order valence-corrected chi connectivity index (χ3v) is 13.8. The zero-order valence-corrected chi connectivity index (χ0v) is 48.2. The fraction of sp³-hybridized carbons (Fsp3) is 0.0909. The van der Waals surface area contributed by atoms with Gasteiger partial charge in [-0.15, -0.1) is 100 Å². The Morgan fingerprint density at radius 3 is 1.64 bits per heavy atom. The van der Waals surface area contributed by atoms with E-state index in [0.29, 0.717) is 0 Å². The van der Waals surface area contributed by atoms with Crippen LogP contribution < -0.4 is 0 Å². The summed E-state index contributed by atoms with van der Waals surface area (Å²) in [6.07, 6.45) is 7.58. The van der Waals surface area contributed by atoms with Gasteiger partial charge in [-0.3, -0.25) is 4.98 Å². The molecule has 12 aromatic rings. The van der Waals surface area contributed by atoms with Crippen LogP contribution in [0.4, 0.5) is 0 Å². The van der Waals surface area contributed by atoms with E-state index in [4.69, 9.17) is 9.97 Å². The van der Waals surface area contributed by atoms with Crippen molar-refractivity contribution in [3.8, 4) is 50.8 Å². The molecule has 8 aromatic carbocycles. The fourth-order valence-electron chi connectivity index (χ4n) is 10.4. The molecule has 2 aliphatic rings. The summed E-state index contributed by atoms with van der Waals surface area (Å²) in [4.78, 5) is 18.1. The van der Waals surface area contributed by atoms with Crippen LogP contribution in [0, 0.1) is 18.2 Å². The van der Waals surface area contributed by atoms with Crippen molar-refractivity contribution in [3.63, 3.8) is 0 Å². The van der Waals surface area contributed by atoms with Crippen LogP contribution in [0.3, 0.4) is 0 Å². The minimum Gasteiger partial charge on any atom is -0.507 e. The van der Waals surface area contributed by atoms with Gasteiger partial charge in [0.25, 0.3) is 0 Å². The first-order valence-corrected chi connectivity index (χ1v) is 23.9. The maximum absolute atomic E-state index is 9.52. The summed E-state index contributed by atoms with van der Waals surface area (Å²) in [5.41, 5.74) is 13.3. The molecule has 0 saturated carbocycles. The average molecular weight is 1490 g/mol. The molecular weight excluding hydrogens is 1440 g/mol. The van der Waals surface area contributed by atoms with Crippen molar-refractivity contribution < 1.29 is 65.4 Å². The summed E-state index contributed by atoms with van der Waals surface area (Å²) >= 11 is 0. The van der Waals surface area contributed by atoms with Crippen LogP contribution in [0.15, 0.2) is 219 Å². The monoisotopic (exact) mass is 1490 g/mol. The van der Waals surface area contributed by atoms with Crippen LogP contribution in [0.25, 0.3) is 88.1 Å². The SMILES string of the molecule is CC1(C)c2c(ncc3ccccc23)-c2[c-]ccc3cccc1c23.CC1(C)c2ccc[c-]c2-c2ncc3ccccc3c21.Oc1ccccc1-c1ccccn1.[Ir].[Ir].[Ir].[c-]1ccccc1-c1cc2ccccc2cn1. The maximum atomic E-state index is 9.52. The topological polar surface area (TPSA) is 71.8 Å². The summed E-state index contributed by atoms with van der Waals surface area (Å²) in [6, 6.07) is 75.1. The van der Waals surface area contributed by atoms with Crippen LogP contribution in [0.5, 0.6) is 5.75 Å². The van der Waals surface area contributed by atoms with Crippen LogP contribution >= 0.6 is 0 Å². The predicted molar refractivity (Wildman–Crippen MR) is 291 cm³/mol. The Bertz CT molecular complexity index is 3910. The number of pyridine rings is 4. The first kappa shape index (κ1) is 53.4. The van der Waals surface area contributed by atoms with Crippen molar-refractivity contribution in [1.29, 1.82) is 0 Å². The van der Waals surface area contributed by atoms with E-state index >= 15 is 0 Å². The Kier molecular flexibility index (Phi) is 16.4. The Hall–Kier alpha value is -6.85. The van der Waals surface area contributed by atoms with Gasteiger partial charge in [-0.05, 0) is 84.6 Å². The zero-order valence-electron chi connectivity index (χ0n) is 41.0. The molecular formula is C66H49Ir3N4O-3. The standard InChI is InChI=1S/C22H16N.C18H14N.C15H10N.C11H9NO.3Ir/c1-22(2)18-12-6-9-14-8-5-11-17(19(14)18)21-20(22)16-10-4-3-7-15(16)13-23-21;1-18(2)15-10-6-5-9-14(15)17-16(18)13-8-4-3-7-12(13)11-19-17;1-2-6-12(7-3-1)15-10-13-8-4-5-9-14(13)11-16-15;13-11-7-2-1-5-9(11)10-6-3-4-8-12-10;;;/h3-10,12-13H,1-2H3;3-8,10-11H,1-2H3;1-6,8-11H;1-8,13H;;;/q3*-1;;;;. The minimum atomic E-state index is -0.0785. The van der Waals surface area contributed by atoms with Gasteiger partial charge in [-0.2, -0.15) is 0 Å². The molecule has 0 spiro atoms. The molecule has 0 aliphatic heterocycles. The molecule has 369 valence electrons. The van der Waals surface area contributed by atoms with Crippen molar-refractivity contribution in [2.75, 3.05) is 0 Å². The number of rotatable bonds is 2. The number of nitrogens with zero attached hydrogens (tertiary/aromatic N) is 4. The zero-order chi connectivity index (χ0) is 48.5. The second-order valence-corrected chi connectivity index (χ2v) is 18.9. The van der Waals surface area contributed by atoms with Gasteiger partial charge in [0, 0.05) is 96.1 Å². The van der Waals surface area contributed by atoms with Crippen molar-refractivity contribution in [1.82, 2.24) is 19.9 Å². The molecule has 0 atom stereocenters. The van der Waals surface area contributed by atoms with Crippen molar-refractivity contribution in [2.24, 2.45) is 0 Å². The minimum absolute atomic E-state index is 0. The first-order chi connectivity index (χ1) is 34.7. The van der Waals surface area contributed by atoms with E-state index < -0.39 is 0 Å². The third kappa shape index (κ3) is 10.1. The van der Waals surface area contributed by atoms with Gasteiger partial charge in [0.15, 0.2) is 0 Å². The van der Waals surface area contributed by atoms with Gasteiger partial charge in [-0.1, -0.05) is 159 Å². The number of hydrogen-bond donors (Lipinski definition) is 1. The summed E-state index contributed by atoms with van der Waals surface area (Å²) in [6.45, 7) is 9.18. The van der Waals surface area contributed by atoms with E-state index in [0.717, 1.165) is 45.0 Å². The van der Waals surface area contributed by atoms with E-state index in [-0.39, 0.29) is 76.9 Å². The van der Waals surface area contributed by atoms with E-state index in [9.17, 15) is 5.11 Å². The van der Waals surface area contributed by atoms with E-state index in [1.807, 2.05) is 97.5 Å². The molecule has 0 bridgehead atoms. The normalized spacial score (nSPS) is 12.5. The van der Waals surface area contributed by atoms with Crippen LogP contribution in [0.2, 0.25) is 0 Å². The summed E-state index contributed by atoms with van der Waals surface area (Å²) in [5, 5.41) is 19.5. The molecule has 4 aromatic heterocycles. The van der Waals surface area contributed by atoms with Crippen molar-refractivity contribution in [3.05, 3.63) is 259 Å². The number of aromatic hydroxyl groups is 1. The van der Waals surface area contributed by atoms with Gasteiger partial charge < -0.3 is 20.1 Å². The van der Waals surface area contributed by atoms with Crippen LogP contribution in [0.1, 0.15) is 49.9 Å². The van der Waals surface area contributed by atoms with Crippen molar-refractivity contribution >= 4 is 43.1 Å². The Morgan fingerprint density at radius 2 is 0.959 bits per heavy atom. The number of phenolic OH excluding ortho intramolecular Hbond substituents is 1. The summed E-state index contributed by atoms with van der Waals surface area (Å²) < 4.78 is 0.